The Kier molecular flexibility index (Phi) is 7.71. The minimum Gasteiger partial charge on any atom is -0.490 e. The number of benzene rings is 2. The quantitative estimate of drug-likeness (QED) is 0.324. The van der Waals surface area contributed by atoms with Crippen LogP contribution in [0.1, 0.15) is 42.5 Å². The van der Waals surface area contributed by atoms with Crippen molar-refractivity contribution in [3.63, 3.8) is 0 Å². The van der Waals surface area contributed by atoms with E-state index in [0.717, 1.165) is 16.7 Å². The molecule has 2 aromatic rings. The molecule has 2 aromatic carbocycles. The number of rotatable bonds is 10. The van der Waals surface area contributed by atoms with Crippen LogP contribution in [0.15, 0.2) is 54.8 Å². The molecule has 0 spiro atoms. The molecule has 6 nitrogen and oxygen atoms in total. The summed E-state index contributed by atoms with van der Waals surface area (Å²) in [4.78, 5) is 25.9. The van der Waals surface area contributed by atoms with E-state index in [9.17, 15) is 9.59 Å². The van der Waals surface area contributed by atoms with Gasteiger partial charge in [0.2, 0.25) is 0 Å². The molecule has 1 saturated heterocycles. The second kappa shape index (κ2) is 10.7. The lowest BCUT2D eigenvalue weighted by Gasteiger charge is -2.17. The third kappa shape index (κ3) is 5.38. The number of carbonyl (C=O) groups excluding carboxylic acids is 2. The maximum absolute atomic E-state index is 12.6. The summed E-state index contributed by atoms with van der Waals surface area (Å²) in [6.07, 6.45) is 4.75. The zero-order valence-electron chi connectivity index (χ0n) is 18.9. The predicted octanol–water partition coefficient (Wildman–Crippen LogP) is 5.00. The van der Waals surface area contributed by atoms with Crippen LogP contribution in [0.2, 0.25) is 0 Å². The van der Waals surface area contributed by atoms with E-state index in [2.05, 4.69) is 24.0 Å². The first-order chi connectivity index (χ1) is 15.5. The first-order valence-corrected chi connectivity index (χ1v) is 10.9. The van der Waals surface area contributed by atoms with Crippen molar-refractivity contribution in [2.24, 2.45) is 0 Å². The van der Waals surface area contributed by atoms with Crippen LogP contribution in [0.3, 0.4) is 0 Å². The number of nitrogens with zero attached hydrogens (tertiary/aromatic N) is 1. The van der Waals surface area contributed by atoms with Gasteiger partial charge in [-0.2, -0.15) is 0 Å². The molecule has 6 heteroatoms. The van der Waals surface area contributed by atoms with E-state index in [1.54, 1.807) is 12.2 Å². The number of amides is 3. The van der Waals surface area contributed by atoms with Crippen molar-refractivity contribution >= 4 is 18.0 Å². The third-order valence-electron chi connectivity index (χ3n) is 5.04. The number of aryl methyl sites for hydroxylation is 1. The first kappa shape index (κ1) is 23.1. The maximum Gasteiger partial charge on any atom is 0.329 e. The van der Waals surface area contributed by atoms with Crippen LogP contribution in [-0.4, -0.2) is 30.0 Å². The van der Waals surface area contributed by atoms with E-state index in [-0.39, 0.29) is 11.6 Å². The first-order valence-electron chi connectivity index (χ1n) is 10.9. The molecule has 0 bridgehead atoms. The van der Waals surface area contributed by atoms with Gasteiger partial charge in [0.1, 0.15) is 12.3 Å². The number of imide groups is 1. The molecular weight excluding hydrogens is 404 g/mol. The van der Waals surface area contributed by atoms with Crippen LogP contribution in [0, 0.1) is 6.92 Å². The molecule has 0 saturated carbocycles. The highest BCUT2D eigenvalue weighted by Gasteiger charge is 2.32. The molecule has 0 unspecified atom stereocenters. The Morgan fingerprint density at radius 2 is 1.84 bits per heavy atom. The summed E-state index contributed by atoms with van der Waals surface area (Å²) in [6.45, 7) is 11.0. The van der Waals surface area contributed by atoms with E-state index in [0.29, 0.717) is 44.1 Å². The van der Waals surface area contributed by atoms with Gasteiger partial charge in [0, 0.05) is 12.1 Å². The molecule has 1 N–H and O–H groups in total. The van der Waals surface area contributed by atoms with Gasteiger partial charge in [0.05, 0.1) is 6.61 Å². The monoisotopic (exact) mass is 434 g/mol. The van der Waals surface area contributed by atoms with Gasteiger partial charge in [0.25, 0.3) is 5.91 Å². The molecule has 168 valence electrons. The minimum absolute atomic E-state index is 0.253. The van der Waals surface area contributed by atoms with Crippen molar-refractivity contribution < 1.29 is 19.1 Å². The number of hydrogen-bond donors (Lipinski definition) is 1. The molecule has 3 amide bonds. The van der Waals surface area contributed by atoms with Crippen LogP contribution < -0.4 is 14.8 Å². The number of allylic oxidation sites excluding steroid dienone is 1. The summed E-state index contributed by atoms with van der Waals surface area (Å²) in [5, 5.41) is 2.66. The molecule has 0 aromatic heterocycles. The molecule has 0 atom stereocenters. The Hall–Kier alpha value is -3.54. The van der Waals surface area contributed by atoms with Crippen molar-refractivity contribution in [2.45, 2.75) is 40.2 Å². The zero-order valence-corrected chi connectivity index (χ0v) is 18.9. The third-order valence-corrected chi connectivity index (χ3v) is 5.04. The van der Waals surface area contributed by atoms with Gasteiger partial charge >= 0.3 is 6.03 Å². The van der Waals surface area contributed by atoms with E-state index >= 15 is 0 Å². The lowest BCUT2D eigenvalue weighted by molar-refractivity contribution is -0.122. The van der Waals surface area contributed by atoms with Crippen molar-refractivity contribution in [1.82, 2.24) is 10.2 Å². The number of urea groups is 1. The van der Waals surface area contributed by atoms with Gasteiger partial charge in [-0.25, -0.2) is 4.79 Å². The van der Waals surface area contributed by atoms with E-state index in [1.165, 1.54) is 10.5 Å². The molecule has 1 heterocycles. The molecule has 32 heavy (non-hydrogen) atoms. The molecule has 1 aliphatic heterocycles. The van der Waals surface area contributed by atoms with Crippen molar-refractivity contribution in [3.05, 3.63) is 77.0 Å². The molecular formula is C26H30N2O4. The predicted molar refractivity (Wildman–Crippen MR) is 126 cm³/mol. The summed E-state index contributed by atoms with van der Waals surface area (Å²) < 4.78 is 12.0. The van der Waals surface area contributed by atoms with Gasteiger partial charge in [-0.05, 0) is 56.0 Å². The number of hydrogen-bond acceptors (Lipinski definition) is 4. The number of nitrogens with one attached hydrogen (secondary N) is 1. The summed E-state index contributed by atoms with van der Waals surface area (Å²) >= 11 is 0. The molecule has 3 rings (SSSR count). The lowest BCUT2D eigenvalue weighted by atomic mass is 10.0. The highest BCUT2D eigenvalue weighted by molar-refractivity contribution is 6.14. The van der Waals surface area contributed by atoms with Gasteiger partial charge in [-0.15, -0.1) is 6.58 Å². The zero-order chi connectivity index (χ0) is 23.1. The van der Waals surface area contributed by atoms with Crippen LogP contribution in [0.4, 0.5) is 4.79 Å². The number of ether oxygens (including phenoxy) is 2. The second-order valence-electron chi connectivity index (χ2n) is 7.65. The van der Waals surface area contributed by atoms with Crippen LogP contribution in [0.25, 0.3) is 6.08 Å². The average molecular weight is 435 g/mol. The Bertz CT molecular complexity index is 1020. The highest BCUT2D eigenvalue weighted by Crippen LogP contribution is 2.35. The average Bonchev–Trinajstić information content (AvgIpc) is 3.02. The Morgan fingerprint density at radius 3 is 2.50 bits per heavy atom. The SMILES string of the molecule is C=CCc1cc(/C=C2/NC(=O)N(CCC)C2=O)cc(OCC)c1OCc1ccc(C)cc1. The molecule has 0 radical (unpaired) electrons. The summed E-state index contributed by atoms with van der Waals surface area (Å²) in [5.41, 5.74) is 4.15. The number of carbonyl (C=O) groups is 2. The van der Waals surface area contributed by atoms with Crippen LogP contribution >= 0.6 is 0 Å². The maximum atomic E-state index is 12.6. The molecule has 1 aliphatic rings. The highest BCUT2D eigenvalue weighted by atomic mass is 16.5. The second-order valence-corrected chi connectivity index (χ2v) is 7.65. The Labute approximate surface area is 189 Å². The fourth-order valence-electron chi connectivity index (χ4n) is 3.51. The normalized spacial score (nSPS) is 14.6. The van der Waals surface area contributed by atoms with Crippen molar-refractivity contribution in [2.75, 3.05) is 13.2 Å². The summed E-state index contributed by atoms with van der Waals surface area (Å²) in [6, 6.07) is 11.6. The molecule has 1 fully saturated rings. The fraction of sp³-hybridized carbons (Fsp3) is 0.308. The summed E-state index contributed by atoms with van der Waals surface area (Å²) in [5.74, 6) is 0.927. The standard InChI is InChI=1S/C26H30N2O4/c1-5-8-21-14-20(15-22-25(29)28(13-6-2)26(30)27-22)16-23(31-7-3)24(21)32-17-19-11-9-18(4)10-12-19/h5,9-12,14-16H,1,6-8,13,17H2,2-4H3,(H,27,30)/b22-15+. The summed E-state index contributed by atoms with van der Waals surface area (Å²) in [7, 11) is 0. The fourth-order valence-corrected chi connectivity index (χ4v) is 3.51. The van der Waals surface area contributed by atoms with E-state index < -0.39 is 6.03 Å². The van der Waals surface area contributed by atoms with Gasteiger partial charge in [0.15, 0.2) is 11.5 Å². The smallest absolute Gasteiger partial charge is 0.329 e. The molecule has 0 aliphatic carbocycles. The van der Waals surface area contributed by atoms with E-state index in [1.807, 2.05) is 45.0 Å². The van der Waals surface area contributed by atoms with Crippen LogP contribution in [-0.2, 0) is 17.8 Å². The largest absolute Gasteiger partial charge is 0.490 e. The van der Waals surface area contributed by atoms with Gasteiger partial charge in [-0.1, -0.05) is 42.8 Å². The Balaban J connectivity index is 1.93. The van der Waals surface area contributed by atoms with E-state index in [4.69, 9.17) is 9.47 Å². The van der Waals surface area contributed by atoms with Gasteiger partial charge in [-0.3, -0.25) is 9.69 Å². The van der Waals surface area contributed by atoms with Crippen LogP contribution in [0.5, 0.6) is 11.5 Å². The topological polar surface area (TPSA) is 67.9 Å². The van der Waals surface area contributed by atoms with Crippen molar-refractivity contribution in [3.8, 4) is 11.5 Å². The lowest BCUT2D eigenvalue weighted by Crippen LogP contribution is -2.31. The Morgan fingerprint density at radius 1 is 1.09 bits per heavy atom. The van der Waals surface area contributed by atoms with Gasteiger partial charge < -0.3 is 14.8 Å². The minimum atomic E-state index is -0.391. The van der Waals surface area contributed by atoms with Crippen molar-refractivity contribution in [1.29, 1.82) is 0 Å².